The predicted molar refractivity (Wildman–Crippen MR) is 106 cm³/mol. The Hall–Kier alpha value is -3.17. The Balaban J connectivity index is 2.57. The number of aromatic carboxylic acids is 1. The van der Waals surface area contributed by atoms with E-state index in [-0.39, 0.29) is 38.6 Å². The number of hydrogen-bond acceptors (Lipinski definition) is 5. The van der Waals surface area contributed by atoms with Crippen molar-refractivity contribution in [2.24, 2.45) is 0 Å². The number of rotatable bonds is 5. The van der Waals surface area contributed by atoms with Crippen LogP contribution in [0.5, 0.6) is 0 Å². The van der Waals surface area contributed by atoms with Gasteiger partial charge in [0.05, 0.1) is 39.6 Å². The Morgan fingerprint density at radius 2 is 1.97 bits per heavy atom. The lowest BCUT2D eigenvalue weighted by atomic mass is 10.1. The fourth-order valence-electron chi connectivity index (χ4n) is 3.07. The number of aliphatic hydroxyl groups is 1. The first-order valence-corrected chi connectivity index (χ1v) is 8.82. The van der Waals surface area contributed by atoms with Crippen LogP contribution in [0.15, 0.2) is 29.2 Å². The zero-order valence-electron chi connectivity index (χ0n) is 15.1. The third-order valence-electron chi connectivity index (χ3n) is 4.39. The molecule has 1 heterocycles. The van der Waals surface area contributed by atoms with Gasteiger partial charge in [-0.25, -0.2) is 13.6 Å². The lowest BCUT2D eigenvalue weighted by Crippen LogP contribution is -2.20. The molecule has 1 aromatic heterocycles. The maximum absolute atomic E-state index is 14.5. The van der Waals surface area contributed by atoms with Crippen molar-refractivity contribution in [3.8, 4) is 5.69 Å². The normalized spacial score (nSPS) is 11.1. The van der Waals surface area contributed by atoms with Gasteiger partial charge in [-0.15, -0.1) is 0 Å². The van der Waals surface area contributed by atoms with Crippen molar-refractivity contribution in [3.05, 3.63) is 62.4 Å². The monoisotopic (exact) mass is 423 g/mol. The minimum Gasteiger partial charge on any atom is -0.477 e. The van der Waals surface area contributed by atoms with Crippen LogP contribution >= 0.6 is 11.6 Å². The fraction of sp³-hybridized carbons (Fsp3) is 0.158. The van der Waals surface area contributed by atoms with E-state index in [4.69, 9.17) is 17.3 Å². The van der Waals surface area contributed by atoms with Crippen molar-refractivity contribution in [1.82, 2.24) is 4.57 Å². The smallest absolute Gasteiger partial charge is 0.341 e. The number of fused-ring (bicyclic) bond motifs is 1. The summed E-state index contributed by atoms with van der Waals surface area (Å²) in [6, 6.07) is 3.04. The van der Waals surface area contributed by atoms with E-state index in [2.05, 4.69) is 5.32 Å². The van der Waals surface area contributed by atoms with Crippen LogP contribution in [0.1, 0.15) is 22.8 Å². The number of nitrogens with zero attached hydrogens (tertiary/aromatic N) is 1. The van der Waals surface area contributed by atoms with Gasteiger partial charge in [-0.2, -0.15) is 0 Å². The zero-order valence-corrected chi connectivity index (χ0v) is 15.8. The standard InChI is InChI=1S/C19H16ClF2N3O4/c1-2-24-16-12(22)4-9-17(15(16)20)25(6-10(18(9)27)19(28)29)14-5-13(23)11(21)3-8(14)7-26/h3-6,24,26H,2,7,23H2,1H3,(H,28,29). The van der Waals surface area contributed by atoms with Gasteiger partial charge in [-0.1, -0.05) is 11.6 Å². The molecule has 7 nitrogen and oxygen atoms in total. The lowest BCUT2D eigenvalue weighted by molar-refractivity contribution is 0.0695. The number of carbonyl (C=O) groups is 1. The minimum atomic E-state index is -1.54. The number of halogens is 3. The van der Waals surface area contributed by atoms with E-state index in [1.165, 1.54) is 10.6 Å². The first-order chi connectivity index (χ1) is 13.7. The Morgan fingerprint density at radius 1 is 1.28 bits per heavy atom. The van der Waals surface area contributed by atoms with Crippen molar-refractivity contribution >= 4 is 39.8 Å². The molecule has 0 saturated heterocycles. The topological polar surface area (TPSA) is 118 Å². The van der Waals surface area contributed by atoms with E-state index in [0.717, 1.165) is 18.3 Å². The molecule has 5 N–H and O–H groups in total. The Morgan fingerprint density at radius 3 is 2.55 bits per heavy atom. The fourth-order valence-corrected chi connectivity index (χ4v) is 3.42. The molecule has 0 spiro atoms. The molecule has 0 aliphatic rings. The molecule has 3 aromatic rings. The molecule has 0 radical (unpaired) electrons. The first kappa shape index (κ1) is 20.6. The molecule has 0 aliphatic carbocycles. The average molecular weight is 424 g/mol. The Labute approximate surface area is 167 Å². The van der Waals surface area contributed by atoms with Crippen molar-refractivity contribution in [3.63, 3.8) is 0 Å². The SMILES string of the molecule is CCNc1c(F)cc2c(=O)c(C(=O)O)cn(-c3cc(N)c(F)cc3CO)c2c1Cl. The molecular formula is C19H16ClF2N3O4. The van der Waals surface area contributed by atoms with Gasteiger partial charge in [0.15, 0.2) is 0 Å². The highest BCUT2D eigenvalue weighted by molar-refractivity contribution is 6.38. The van der Waals surface area contributed by atoms with Crippen molar-refractivity contribution in [2.45, 2.75) is 13.5 Å². The molecule has 0 aliphatic heterocycles. The van der Waals surface area contributed by atoms with Crippen molar-refractivity contribution in [1.29, 1.82) is 0 Å². The van der Waals surface area contributed by atoms with Crippen LogP contribution in [-0.4, -0.2) is 27.3 Å². The molecule has 0 unspecified atom stereocenters. The molecule has 2 aromatic carbocycles. The van der Waals surface area contributed by atoms with Gasteiger partial charge < -0.3 is 25.8 Å². The van der Waals surface area contributed by atoms with Crippen LogP contribution in [0.25, 0.3) is 16.6 Å². The molecule has 0 saturated carbocycles. The largest absolute Gasteiger partial charge is 0.477 e. The molecule has 3 rings (SSSR count). The second-order valence-electron chi connectivity index (χ2n) is 6.18. The minimum absolute atomic E-state index is 0.0141. The number of aromatic nitrogens is 1. The summed E-state index contributed by atoms with van der Waals surface area (Å²) in [5, 5.41) is 21.3. The molecule has 0 bridgehead atoms. The number of pyridine rings is 1. The molecule has 29 heavy (non-hydrogen) atoms. The zero-order chi connectivity index (χ0) is 21.5. The summed E-state index contributed by atoms with van der Waals surface area (Å²) in [7, 11) is 0. The van der Waals surface area contributed by atoms with Crippen LogP contribution in [0, 0.1) is 11.6 Å². The van der Waals surface area contributed by atoms with Crippen LogP contribution in [-0.2, 0) is 6.61 Å². The summed E-state index contributed by atoms with van der Waals surface area (Å²) in [6.45, 7) is 1.43. The van der Waals surface area contributed by atoms with E-state index in [1.807, 2.05) is 0 Å². The summed E-state index contributed by atoms with van der Waals surface area (Å²) in [4.78, 5) is 24.2. The Bertz CT molecular complexity index is 1210. The number of nitrogens with one attached hydrogen (secondary N) is 1. The highest BCUT2D eigenvalue weighted by atomic mass is 35.5. The molecular weight excluding hydrogens is 408 g/mol. The molecule has 0 atom stereocenters. The number of aliphatic hydroxyl groups excluding tert-OH is 1. The van der Waals surface area contributed by atoms with E-state index < -0.39 is 35.2 Å². The highest BCUT2D eigenvalue weighted by Crippen LogP contribution is 2.35. The number of anilines is 2. The van der Waals surface area contributed by atoms with Crippen LogP contribution in [0.4, 0.5) is 20.2 Å². The van der Waals surface area contributed by atoms with Crippen molar-refractivity contribution in [2.75, 3.05) is 17.6 Å². The molecule has 10 heteroatoms. The average Bonchev–Trinajstić information content (AvgIpc) is 2.67. The number of carboxylic acids is 1. The first-order valence-electron chi connectivity index (χ1n) is 8.44. The molecule has 152 valence electrons. The van der Waals surface area contributed by atoms with Gasteiger partial charge in [0.1, 0.15) is 17.2 Å². The maximum Gasteiger partial charge on any atom is 0.341 e. The summed E-state index contributed by atoms with van der Waals surface area (Å²) < 4.78 is 29.6. The van der Waals surface area contributed by atoms with E-state index in [1.54, 1.807) is 6.92 Å². The van der Waals surface area contributed by atoms with Gasteiger partial charge in [-0.05, 0) is 25.1 Å². The van der Waals surface area contributed by atoms with Gasteiger partial charge >= 0.3 is 5.97 Å². The summed E-state index contributed by atoms with van der Waals surface area (Å²) in [5.41, 5.74) is 3.83. The van der Waals surface area contributed by atoms with E-state index in [0.29, 0.717) is 6.54 Å². The van der Waals surface area contributed by atoms with Crippen molar-refractivity contribution < 1.29 is 23.8 Å². The summed E-state index contributed by atoms with van der Waals surface area (Å²) in [5.74, 6) is -3.16. The quantitative estimate of drug-likeness (QED) is 0.468. The van der Waals surface area contributed by atoms with Crippen LogP contribution in [0.3, 0.4) is 0 Å². The second-order valence-corrected chi connectivity index (χ2v) is 6.56. The van der Waals surface area contributed by atoms with Crippen LogP contribution in [0.2, 0.25) is 5.02 Å². The van der Waals surface area contributed by atoms with Crippen LogP contribution < -0.4 is 16.5 Å². The third kappa shape index (κ3) is 3.39. The maximum atomic E-state index is 14.5. The number of nitrogen functional groups attached to an aromatic ring is 1. The van der Waals surface area contributed by atoms with E-state index in [9.17, 15) is 28.6 Å². The third-order valence-corrected chi connectivity index (χ3v) is 4.76. The molecule has 0 amide bonds. The highest BCUT2D eigenvalue weighted by Gasteiger charge is 2.23. The second kappa shape index (κ2) is 7.69. The van der Waals surface area contributed by atoms with E-state index >= 15 is 0 Å². The van der Waals surface area contributed by atoms with Gasteiger partial charge in [0, 0.05) is 18.3 Å². The lowest BCUT2D eigenvalue weighted by Gasteiger charge is -2.19. The number of carboxylic acid groups (broad SMARTS) is 1. The van der Waals surface area contributed by atoms with Gasteiger partial charge in [0.25, 0.3) is 0 Å². The number of hydrogen-bond donors (Lipinski definition) is 4. The van der Waals surface area contributed by atoms with Gasteiger partial charge in [-0.3, -0.25) is 4.79 Å². The van der Waals surface area contributed by atoms with Gasteiger partial charge in [0.2, 0.25) is 5.43 Å². The summed E-state index contributed by atoms with van der Waals surface area (Å²) >= 11 is 6.37. The number of nitrogens with two attached hydrogens (primary N) is 1. The Kier molecular flexibility index (Phi) is 5.45. The predicted octanol–water partition coefficient (Wildman–Crippen LogP) is 3.13. The molecule has 0 fully saturated rings. The summed E-state index contributed by atoms with van der Waals surface area (Å²) in [6.07, 6.45) is 0.984. The number of benzene rings is 2.